The van der Waals surface area contributed by atoms with Crippen molar-refractivity contribution in [3.63, 3.8) is 0 Å². The first-order valence-electron chi connectivity index (χ1n) is 9.00. The molecule has 5 nitrogen and oxygen atoms in total. The smallest absolute Gasteiger partial charge is 0.220 e. The van der Waals surface area contributed by atoms with E-state index >= 15 is 0 Å². The number of carbonyl (C=O) groups is 1. The van der Waals surface area contributed by atoms with Gasteiger partial charge in [0, 0.05) is 44.5 Å². The van der Waals surface area contributed by atoms with Gasteiger partial charge in [0.2, 0.25) is 5.91 Å². The highest BCUT2D eigenvalue weighted by Gasteiger charge is 2.16. The highest BCUT2D eigenvalue weighted by Crippen LogP contribution is 2.15. The van der Waals surface area contributed by atoms with E-state index in [1.165, 1.54) is 5.69 Å². The van der Waals surface area contributed by atoms with E-state index in [1.807, 2.05) is 18.2 Å². The van der Waals surface area contributed by atoms with Gasteiger partial charge in [-0.25, -0.2) is 0 Å². The van der Waals surface area contributed by atoms with Gasteiger partial charge in [0.1, 0.15) is 0 Å². The summed E-state index contributed by atoms with van der Waals surface area (Å²) in [5, 5.41) is 2.94. The third-order valence-electron chi connectivity index (χ3n) is 4.56. The van der Waals surface area contributed by atoms with Gasteiger partial charge in [-0.3, -0.25) is 14.7 Å². The fraction of sp³-hybridized carbons (Fsp3) is 0.400. The average molecular weight is 338 g/mol. The number of nitrogens with zero attached hydrogens (tertiary/aromatic N) is 3. The second kappa shape index (κ2) is 9.18. The van der Waals surface area contributed by atoms with Crippen molar-refractivity contribution in [3.05, 3.63) is 60.4 Å². The predicted molar refractivity (Wildman–Crippen MR) is 100 cm³/mol. The molecule has 1 aromatic carbocycles. The van der Waals surface area contributed by atoms with Crippen molar-refractivity contribution in [1.82, 2.24) is 15.2 Å². The van der Waals surface area contributed by atoms with Crippen LogP contribution in [0.15, 0.2) is 54.7 Å². The zero-order valence-corrected chi connectivity index (χ0v) is 14.6. The van der Waals surface area contributed by atoms with Gasteiger partial charge >= 0.3 is 0 Å². The van der Waals surface area contributed by atoms with Gasteiger partial charge < -0.3 is 10.2 Å². The van der Waals surface area contributed by atoms with Crippen molar-refractivity contribution in [2.75, 3.05) is 37.6 Å². The monoisotopic (exact) mass is 338 g/mol. The van der Waals surface area contributed by atoms with Crippen LogP contribution in [0.3, 0.4) is 0 Å². The third-order valence-corrected chi connectivity index (χ3v) is 4.56. The molecule has 0 radical (unpaired) electrons. The van der Waals surface area contributed by atoms with Crippen LogP contribution in [0.4, 0.5) is 5.69 Å². The van der Waals surface area contributed by atoms with Crippen molar-refractivity contribution < 1.29 is 4.79 Å². The Morgan fingerprint density at radius 1 is 1.00 bits per heavy atom. The number of carbonyl (C=O) groups excluding carboxylic acids is 1. The van der Waals surface area contributed by atoms with Crippen molar-refractivity contribution >= 4 is 11.6 Å². The summed E-state index contributed by atoms with van der Waals surface area (Å²) in [5.41, 5.74) is 2.20. The first-order valence-corrected chi connectivity index (χ1v) is 9.00. The largest absolute Gasteiger partial charge is 0.369 e. The van der Waals surface area contributed by atoms with Crippen molar-refractivity contribution in [1.29, 1.82) is 0 Å². The fourth-order valence-electron chi connectivity index (χ4n) is 3.11. The molecule has 0 aliphatic carbocycles. The molecule has 25 heavy (non-hydrogen) atoms. The Morgan fingerprint density at radius 2 is 1.76 bits per heavy atom. The Balaban J connectivity index is 1.30. The molecule has 0 unspecified atom stereocenters. The van der Waals surface area contributed by atoms with Gasteiger partial charge in [0.25, 0.3) is 0 Å². The molecule has 132 valence electrons. The summed E-state index contributed by atoms with van der Waals surface area (Å²) in [6, 6.07) is 16.3. The first kappa shape index (κ1) is 17.4. The number of amides is 1. The summed E-state index contributed by atoms with van der Waals surface area (Å²) in [6.45, 7) is 5.72. The van der Waals surface area contributed by atoms with Crippen LogP contribution in [0.25, 0.3) is 0 Å². The molecule has 5 heteroatoms. The summed E-state index contributed by atoms with van der Waals surface area (Å²) >= 11 is 0. The van der Waals surface area contributed by atoms with Crippen molar-refractivity contribution in [2.24, 2.45) is 0 Å². The van der Waals surface area contributed by atoms with Gasteiger partial charge in [-0.05, 0) is 37.2 Å². The van der Waals surface area contributed by atoms with E-state index in [0.29, 0.717) is 13.0 Å². The van der Waals surface area contributed by atoms with E-state index < -0.39 is 0 Å². The number of pyridine rings is 1. The molecule has 1 aliphatic rings. The highest BCUT2D eigenvalue weighted by molar-refractivity contribution is 5.75. The minimum absolute atomic E-state index is 0.105. The maximum absolute atomic E-state index is 11.9. The number of hydrogen-bond acceptors (Lipinski definition) is 4. The molecule has 0 saturated carbocycles. The molecular formula is C20H26N4O. The number of rotatable bonds is 7. The molecule has 1 aromatic heterocycles. The number of nitrogens with one attached hydrogen (secondary N) is 1. The average Bonchev–Trinajstić information content (AvgIpc) is 2.68. The van der Waals surface area contributed by atoms with Gasteiger partial charge in [0.05, 0.1) is 12.2 Å². The predicted octanol–water partition coefficient (Wildman–Crippen LogP) is 2.30. The van der Waals surface area contributed by atoms with Crippen LogP contribution in [0.2, 0.25) is 0 Å². The van der Waals surface area contributed by atoms with Gasteiger partial charge in [0.15, 0.2) is 0 Å². The summed E-state index contributed by atoms with van der Waals surface area (Å²) in [5.74, 6) is 0.105. The van der Waals surface area contributed by atoms with Crippen LogP contribution in [-0.2, 0) is 11.3 Å². The molecule has 1 N–H and O–H groups in total. The van der Waals surface area contributed by atoms with Crippen LogP contribution >= 0.6 is 0 Å². The molecule has 0 spiro atoms. The molecule has 0 bridgehead atoms. The minimum atomic E-state index is 0.105. The minimum Gasteiger partial charge on any atom is -0.369 e. The molecule has 1 fully saturated rings. The van der Waals surface area contributed by atoms with Crippen molar-refractivity contribution in [3.8, 4) is 0 Å². The lowest BCUT2D eigenvalue weighted by Gasteiger charge is -2.36. The van der Waals surface area contributed by atoms with E-state index in [0.717, 1.165) is 44.8 Å². The summed E-state index contributed by atoms with van der Waals surface area (Å²) in [7, 11) is 0. The zero-order valence-electron chi connectivity index (χ0n) is 14.6. The lowest BCUT2D eigenvalue weighted by Crippen LogP contribution is -2.46. The molecular weight excluding hydrogens is 312 g/mol. The third kappa shape index (κ3) is 5.57. The van der Waals surface area contributed by atoms with Crippen LogP contribution in [0.1, 0.15) is 18.5 Å². The molecule has 2 heterocycles. The summed E-state index contributed by atoms with van der Waals surface area (Å²) < 4.78 is 0. The Hall–Kier alpha value is -2.40. The molecule has 3 rings (SSSR count). The number of hydrogen-bond donors (Lipinski definition) is 1. The molecule has 2 aromatic rings. The van der Waals surface area contributed by atoms with E-state index in [4.69, 9.17) is 0 Å². The topological polar surface area (TPSA) is 48.5 Å². The number of benzene rings is 1. The second-order valence-corrected chi connectivity index (χ2v) is 6.37. The van der Waals surface area contributed by atoms with Gasteiger partial charge in [-0.2, -0.15) is 0 Å². The van der Waals surface area contributed by atoms with Crippen LogP contribution in [0, 0.1) is 0 Å². The maximum Gasteiger partial charge on any atom is 0.220 e. The molecule has 1 aliphatic heterocycles. The van der Waals surface area contributed by atoms with Crippen LogP contribution < -0.4 is 10.2 Å². The molecule has 0 atom stereocenters. The Kier molecular flexibility index (Phi) is 6.40. The number of piperazine rings is 1. The second-order valence-electron chi connectivity index (χ2n) is 6.37. The summed E-state index contributed by atoms with van der Waals surface area (Å²) in [4.78, 5) is 21.0. The van der Waals surface area contributed by atoms with Crippen LogP contribution in [-0.4, -0.2) is 48.5 Å². The van der Waals surface area contributed by atoms with E-state index in [-0.39, 0.29) is 5.91 Å². The van der Waals surface area contributed by atoms with Crippen molar-refractivity contribution in [2.45, 2.75) is 19.4 Å². The first-order chi connectivity index (χ1) is 12.3. The van der Waals surface area contributed by atoms with E-state index in [2.05, 4.69) is 50.4 Å². The Morgan fingerprint density at radius 3 is 2.48 bits per heavy atom. The zero-order chi connectivity index (χ0) is 17.3. The SMILES string of the molecule is O=C(CCCN1CCN(c2ccccc2)CC1)NCc1ccccn1. The fourth-order valence-corrected chi connectivity index (χ4v) is 3.11. The normalized spacial score (nSPS) is 15.1. The lowest BCUT2D eigenvalue weighted by molar-refractivity contribution is -0.121. The number of anilines is 1. The molecule has 1 amide bonds. The van der Waals surface area contributed by atoms with E-state index in [1.54, 1.807) is 6.20 Å². The quantitative estimate of drug-likeness (QED) is 0.842. The highest BCUT2D eigenvalue weighted by atomic mass is 16.1. The van der Waals surface area contributed by atoms with Gasteiger partial charge in [-0.1, -0.05) is 24.3 Å². The summed E-state index contributed by atoms with van der Waals surface area (Å²) in [6.07, 6.45) is 3.22. The maximum atomic E-state index is 11.9. The van der Waals surface area contributed by atoms with E-state index in [9.17, 15) is 4.79 Å². The van der Waals surface area contributed by atoms with Crippen LogP contribution in [0.5, 0.6) is 0 Å². The Bertz CT molecular complexity index is 639. The molecule has 1 saturated heterocycles. The number of para-hydroxylation sites is 1. The standard InChI is InChI=1S/C20H26N4O/c25-20(22-17-18-7-4-5-11-21-18)10-6-12-23-13-15-24(16-14-23)19-8-2-1-3-9-19/h1-5,7-9,11H,6,10,12-17H2,(H,22,25). The Labute approximate surface area is 149 Å². The van der Waals surface area contributed by atoms with Gasteiger partial charge in [-0.15, -0.1) is 0 Å². The lowest BCUT2D eigenvalue weighted by atomic mass is 10.2. The number of aromatic nitrogens is 1.